The topological polar surface area (TPSA) is 86.3 Å². The molecule has 2 aromatic rings. The number of rotatable bonds is 9. The number of benzene rings is 2. The van der Waals surface area contributed by atoms with Gasteiger partial charge in [0.05, 0.1) is 19.8 Å². The lowest BCUT2D eigenvalue weighted by atomic mass is 10.1. The largest absolute Gasteiger partial charge is 0.444 e. The number of aliphatic hydroxyl groups excluding tert-OH is 1. The van der Waals surface area contributed by atoms with Gasteiger partial charge in [0.25, 0.3) is 0 Å². The minimum absolute atomic E-state index is 0.177. The number of amides is 1. The number of carbonyl (C=O) groups is 1. The molecule has 7 nitrogen and oxygen atoms in total. The predicted molar refractivity (Wildman–Crippen MR) is 120 cm³/mol. The van der Waals surface area contributed by atoms with Crippen LogP contribution in [-0.4, -0.2) is 54.4 Å². The molecule has 0 bridgehead atoms. The summed E-state index contributed by atoms with van der Waals surface area (Å²) in [6.45, 7) is 6.10. The van der Waals surface area contributed by atoms with Crippen molar-refractivity contribution in [1.29, 1.82) is 0 Å². The summed E-state index contributed by atoms with van der Waals surface area (Å²) in [6.07, 6.45) is -2.56. The first-order valence-electron chi connectivity index (χ1n) is 10.9. The summed E-state index contributed by atoms with van der Waals surface area (Å²) in [5.41, 5.74) is 1.43. The third kappa shape index (κ3) is 7.31. The minimum atomic E-state index is -0.598. The third-order valence-electron chi connectivity index (χ3n) is 5.00. The van der Waals surface area contributed by atoms with Gasteiger partial charge in [0.2, 0.25) is 0 Å². The second kappa shape index (κ2) is 11.4. The lowest BCUT2D eigenvalue weighted by molar-refractivity contribution is -0.0832. The molecule has 3 rings (SSSR count). The molecule has 0 aliphatic carbocycles. The molecule has 1 aliphatic heterocycles. The zero-order valence-corrected chi connectivity index (χ0v) is 18.9. The smallest absolute Gasteiger partial charge is 0.407 e. The highest BCUT2D eigenvalue weighted by Gasteiger charge is 2.46. The zero-order chi connectivity index (χ0) is 23.0. The van der Waals surface area contributed by atoms with Gasteiger partial charge in [-0.05, 0) is 31.9 Å². The maximum Gasteiger partial charge on any atom is 0.407 e. The summed E-state index contributed by atoms with van der Waals surface area (Å²) in [4.78, 5) is 12.1. The average molecular weight is 444 g/mol. The van der Waals surface area contributed by atoms with Crippen LogP contribution < -0.4 is 5.32 Å². The fourth-order valence-electron chi connectivity index (χ4n) is 3.55. The van der Waals surface area contributed by atoms with Crippen molar-refractivity contribution >= 4 is 6.09 Å². The zero-order valence-electron chi connectivity index (χ0n) is 18.9. The lowest BCUT2D eigenvalue weighted by Gasteiger charge is -2.25. The van der Waals surface area contributed by atoms with Crippen LogP contribution in [0.4, 0.5) is 4.79 Å². The molecule has 1 heterocycles. The van der Waals surface area contributed by atoms with E-state index in [1.807, 2.05) is 60.7 Å². The Balaban J connectivity index is 1.68. The van der Waals surface area contributed by atoms with Crippen molar-refractivity contribution in [3.63, 3.8) is 0 Å². The van der Waals surface area contributed by atoms with Crippen molar-refractivity contribution in [1.82, 2.24) is 5.32 Å². The summed E-state index contributed by atoms with van der Waals surface area (Å²) in [6, 6.07) is 19.6. The van der Waals surface area contributed by atoms with Crippen molar-refractivity contribution in [2.45, 2.75) is 64.0 Å². The van der Waals surface area contributed by atoms with Crippen molar-refractivity contribution in [2.24, 2.45) is 0 Å². The Morgan fingerprint density at radius 3 is 1.88 bits per heavy atom. The molecule has 1 aliphatic rings. The van der Waals surface area contributed by atoms with Crippen LogP contribution in [0.25, 0.3) is 0 Å². The van der Waals surface area contributed by atoms with Crippen LogP contribution in [-0.2, 0) is 32.2 Å². The van der Waals surface area contributed by atoms with Crippen LogP contribution in [0, 0.1) is 0 Å². The van der Waals surface area contributed by atoms with Gasteiger partial charge >= 0.3 is 6.09 Å². The molecule has 0 unspecified atom stereocenters. The molecule has 0 aromatic heterocycles. The van der Waals surface area contributed by atoms with E-state index in [-0.39, 0.29) is 13.2 Å². The van der Waals surface area contributed by atoms with Gasteiger partial charge < -0.3 is 29.4 Å². The monoisotopic (exact) mass is 443 g/mol. The molecule has 4 atom stereocenters. The summed E-state index contributed by atoms with van der Waals surface area (Å²) in [5.74, 6) is 0. The Labute approximate surface area is 189 Å². The Bertz CT molecular complexity index is 823. The second-order valence-corrected chi connectivity index (χ2v) is 8.80. The number of aliphatic hydroxyl groups is 1. The molecule has 174 valence electrons. The highest BCUT2D eigenvalue weighted by Crippen LogP contribution is 2.28. The number of hydrogen-bond donors (Lipinski definition) is 2. The summed E-state index contributed by atoms with van der Waals surface area (Å²) >= 11 is 0. The van der Waals surface area contributed by atoms with Crippen LogP contribution in [0.15, 0.2) is 60.7 Å². The van der Waals surface area contributed by atoms with Gasteiger partial charge in [-0.25, -0.2) is 4.79 Å². The highest BCUT2D eigenvalue weighted by atomic mass is 16.6. The number of hydrogen-bond acceptors (Lipinski definition) is 6. The maximum absolute atomic E-state index is 12.1. The Morgan fingerprint density at radius 1 is 0.906 bits per heavy atom. The summed E-state index contributed by atoms with van der Waals surface area (Å²) in [7, 11) is 0. The number of alkyl carbamates (subject to hydrolysis) is 1. The first-order valence-corrected chi connectivity index (χ1v) is 10.9. The summed E-state index contributed by atoms with van der Waals surface area (Å²) in [5, 5.41) is 12.7. The number of carbonyl (C=O) groups excluding carboxylic acids is 1. The van der Waals surface area contributed by atoms with Gasteiger partial charge in [-0.3, -0.25) is 0 Å². The molecule has 1 amide bonds. The quantitative estimate of drug-likeness (QED) is 0.618. The van der Waals surface area contributed by atoms with Gasteiger partial charge in [-0.2, -0.15) is 0 Å². The summed E-state index contributed by atoms with van der Waals surface area (Å²) < 4.78 is 23.7. The van der Waals surface area contributed by atoms with Crippen LogP contribution in [0.1, 0.15) is 31.9 Å². The Kier molecular flexibility index (Phi) is 8.64. The van der Waals surface area contributed by atoms with E-state index in [4.69, 9.17) is 18.9 Å². The molecular weight excluding hydrogens is 410 g/mol. The van der Waals surface area contributed by atoms with Gasteiger partial charge in [-0.15, -0.1) is 0 Å². The molecule has 0 radical (unpaired) electrons. The van der Waals surface area contributed by atoms with E-state index in [9.17, 15) is 9.90 Å². The van der Waals surface area contributed by atoms with E-state index in [0.29, 0.717) is 13.2 Å². The first-order chi connectivity index (χ1) is 15.4. The van der Waals surface area contributed by atoms with E-state index in [1.165, 1.54) is 0 Å². The first kappa shape index (κ1) is 24.2. The van der Waals surface area contributed by atoms with Crippen molar-refractivity contribution < 1.29 is 28.8 Å². The molecule has 0 spiro atoms. The van der Waals surface area contributed by atoms with Crippen LogP contribution in [0.3, 0.4) is 0 Å². The lowest BCUT2D eigenvalue weighted by Crippen LogP contribution is -2.43. The second-order valence-electron chi connectivity index (χ2n) is 8.80. The fourth-order valence-corrected chi connectivity index (χ4v) is 3.55. The molecule has 0 saturated carbocycles. The standard InChI is InChI=1S/C25H33NO6/c1-25(2,3)32-24(28)26-14-20-22(29-16-18-10-6-4-7-11-18)23(21(15-27)31-20)30-17-19-12-8-5-9-13-19/h4-13,20-23,27H,14-17H2,1-3H3,(H,26,28)/t20-,21-,22+,23+/m0/s1. The maximum atomic E-state index is 12.1. The molecule has 32 heavy (non-hydrogen) atoms. The van der Waals surface area contributed by atoms with Crippen molar-refractivity contribution in [3.8, 4) is 0 Å². The van der Waals surface area contributed by atoms with E-state index < -0.39 is 36.1 Å². The normalized spacial score (nSPS) is 23.1. The van der Waals surface area contributed by atoms with Crippen LogP contribution in [0.2, 0.25) is 0 Å². The van der Waals surface area contributed by atoms with E-state index in [2.05, 4.69) is 5.32 Å². The molecular formula is C25H33NO6. The van der Waals surface area contributed by atoms with Gasteiger partial charge in [0.1, 0.15) is 30.0 Å². The third-order valence-corrected chi connectivity index (χ3v) is 5.00. The van der Waals surface area contributed by atoms with Crippen molar-refractivity contribution in [2.75, 3.05) is 13.2 Å². The molecule has 2 N–H and O–H groups in total. The molecule has 1 fully saturated rings. The van der Waals surface area contributed by atoms with E-state index >= 15 is 0 Å². The van der Waals surface area contributed by atoms with Gasteiger partial charge in [-0.1, -0.05) is 60.7 Å². The van der Waals surface area contributed by atoms with E-state index in [1.54, 1.807) is 20.8 Å². The van der Waals surface area contributed by atoms with Crippen LogP contribution >= 0.6 is 0 Å². The van der Waals surface area contributed by atoms with Gasteiger partial charge in [0, 0.05) is 6.54 Å². The van der Waals surface area contributed by atoms with E-state index in [0.717, 1.165) is 11.1 Å². The number of ether oxygens (including phenoxy) is 4. The number of nitrogens with one attached hydrogen (secondary N) is 1. The minimum Gasteiger partial charge on any atom is -0.444 e. The fraction of sp³-hybridized carbons (Fsp3) is 0.480. The van der Waals surface area contributed by atoms with Crippen LogP contribution in [0.5, 0.6) is 0 Å². The molecule has 7 heteroatoms. The average Bonchev–Trinajstić information content (AvgIpc) is 3.11. The molecule has 2 aromatic carbocycles. The Hall–Kier alpha value is -2.45. The predicted octanol–water partition coefficient (Wildman–Crippen LogP) is 3.44. The Morgan fingerprint density at radius 2 is 1.41 bits per heavy atom. The van der Waals surface area contributed by atoms with Crippen molar-refractivity contribution in [3.05, 3.63) is 71.8 Å². The molecule has 1 saturated heterocycles. The van der Waals surface area contributed by atoms with Gasteiger partial charge in [0.15, 0.2) is 0 Å². The SMILES string of the molecule is CC(C)(C)OC(=O)NC[C@@H]1O[C@@H](CO)[C@@H](OCc2ccccc2)[C@@H]1OCc1ccccc1. The highest BCUT2D eigenvalue weighted by molar-refractivity contribution is 5.67.